The lowest BCUT2D eigenvalue weighted by molar-refractivity contribution is 0.0526. The standard InChI is InChI=1S/C17H17BrO3/c1-3-20-17(19)14-8-9-16(15(18)10-14)21-11-13-6-4-12(2)5-7-13/h4-10H,3,11H2,1-2H3. The quantitative estimate of drug-likeness (QED) is 0.745. The largest absolute Gasteiger partial charge is 0.488 e. The van der Waals surface area contributed by atoms with Gasteiger partial charge in [0.15, 0.2) is 0 Å². The lowest BCUT2D eigenvalue weighted by atomic mass is 10.2. The monoisotopic (exact) mass is 348 g/mol. The fourth-order valence-corrected chi connectivity index (χ4v) is 2.30. The fraction of sp³-hybridized carbons (Fsp3) is 0.235. The minimum atomic E-state index is -0.330. The zero-order valence-electron chi connectivity index (χ0n) is 12.1. The van der Waals surface area contributed by atoms with Gasteiger partial charge in [-0.25, -0.2) is 4.79 Å². The second kappa shape index (κ2) is 7.27. The van der Waals surface area contributed by atoms with Crippen molar-refractivity contribution in [2.45, 2.75) is 20.5 Å². The SMILES string of the molecule is CCOC(=O)c1ccc(OCc2ccc(C)cc2)c(Br)c1. The van der Waals surface area contributed by atoms with Crippen molar-refractivity contribution in [2.24, 2.45) is 0 Å². The third-order valence-electron chi connectivity index (χ3n) is 2.96. The Hall–Kier alpha value is -1.81. The van der Waals surface area contributed by atoms with E-state index in [4.69, 9.17) is 9.47 Å². The van der Waals surface area contributed by atoms with Gasteiger partial charge in [0, 0.05) is 0 Å². The van der Waals surface area contributed by atoms with Crippen molar-refractivity contribution in [3.05, 3.63) is 63.6 Å². The van der Waals surface area contributed by atoms with Crippen molar-refractivity contribution >= 4 is 21.9 Å². The van der Waals surface area contributed by atoms with Gasteiger partial charge in [-0.05, 0) is 53.5 Å². The Morgan fingerprint density at radius 2 is 1.86 bits per heavy atom. The molecule has 0 atom stereocenters. The Morgan fingerprint density at radius 1 is 1.14 bits per heavy atom. The van der Waals surface area contributed by atoms with Gasteiger partial charge < -0.3 is 9.47 Å². The third kappa shape index (κ3) is 4.33. The van der Waals surface area contributed by atoms with Crippen molar-refractivity contribution in [3.63, 3.8) is 0 Å². The number of carbonyl (C=O) groups is 1. The van der Waals surface area contributed by atoms with Gasteiger partial charge in [0.1, 0.15) is 12.4 Å². The normalized spacial score (nSPS) is 10.2. The first-order valence-electron chi connectivity index (χ1n) is 6.75. The van der Waals surface area contributed by atoms with Crippen LogP contribution in [0.4, 0.5) is 0 Å². The average molecular weight is 349 g/mol. The molecule has 0 aromatic heterocycles. The van der Waals surface area contributed by atoms with Gasteiger partial charge in [-0.2, -0.15) is 0 Å². The van der Waals surface area contributed by atoms with Gasteiger partial charge in [0.05, 0.1) is 16.6 Å². The van der Waals surface area contributed by atoms with Gasteiger partial charge in [0.25, 0.3) is 0 Å². The van der Waals surface area contributed by atoms with Gasteiger partial charge >= 0.3 is 5.97 Å². The van der Waals surface area contributed by atoms with Crippen LogP contribution in [0.1, 0.15) is 28.4 Å². The Labute approximate surface area is 133 Å². The van der Waals surface area contributed by atoms with Gasteiger partial charge in [-0.1, -0.05) is 29.8 Å². The average Bonchev–Trinajstić information content (AvgIpc) is 2.48. The van der Waals surface area contributed by atoms with Crippen molar-refractivity contribution in [2.75, 3.05) is 6.61 Å². The van der Waals surface area contributed by atoms with Crippen LogP contribution in [0.3, 0.4) is 0 Å². The van der Waals surface area contributed by atoms with Crippen molar-refractivity contribution < 1.29 is 14.3 Å². The van der Waals surface area contributed by atoms with Crippen LogP contribution in [0.5, 0.6) is 5.75 Å². The predicted octanol–water partition coefficient (Wildman–Crippen LogP) is 4.51. The van der Waals surface area contributed by atoms with Crippen molar-refractivity contribution in [1.82, 2.24) is 0 Å². The molecule has 0 aliphatic heterocycles. The number of carbonyl (C=O) groups excluding carboxylic acids is 1. The summed E-state index contributed by atoms with van der Waals surface area (Å²) in [4.78, 5) is 11.6. The second-order valence-electron chi connectivity index (χ2n) is 4.64. The Kier molecular flexibility index (Phi) is 5.39. The molecule has 2 aromatic rings. The van der Waals surface area contributed by atoms with E-state index in [0.717, 1.165) is 10.0 Å². The van der Waals surface area contributed by atoms with E-state index in [0.29, 0.717) is 24.5 Å². The number of hydrogen-bond acceptors (Lipinski definition) is 3. The zero-order valence-corrected chi connectivity index (χ0v) is 13.6. The molecule has 0 N–H and O–H groups in total. The number of esters is 1. The van der Waals surface area contributed by atoms with E-state index in [1.54, 1.807) is 25.1 Å². The highest BCUT2D eigenvalue weighted by molar-refractivity contribution is 9.10. The van der Waals surface area contributed by atoms with E-state index < -0.39 is 0 Å². The first-order valence-corrected chi connectivity index (χ1v) is 7.54. The third-order valence-corrected chi connectivity index (χ3v) is 3.58. The summed E-state index contributed by atoms with van der Waals surface area (Å²) < 4.78 is 11.5. The highest BCUT2D eigenvalue weighted by Gasteiger charge is 2.10. The van der Waals surface area contributed by atoms with Gasteiger partial charge in [-0.15, -0.1) is 0 Å². The van der Waals surface area contributed by atoms with Crippen LogP contribution in [0.2, 0.25) is 0 Å². The molecule has 0 aliphatic carbocycles. The Bertz CT molecular complexity index is 620. The summed E-state index contributed by atoms with van der Waals surface area (Å²) in [6.45, 7) is 4.68. The molecule has 2 rings (SSSR count). The first-order chi connectivity index (χ1) is 10.1. The van der Waals surface area contributed by atoms with Gasteiger partial charge in [-0.3, -0.25) is 0 Å². The molecular weight excluding hydrogens is 332 g/mol. The molecule has 0 bridgehead atoms. The summed E-state index contributed by atoms with van der Waals surface area (Å²) >= 11 is 3.42. The molecule has 21 heavy (non-hydrogen) atoms. The summed E-state index contributed by atoms with van der Waals surface area (Å²) in [5.74, 6) is 0.368. The minimum Gasteiger partial charge on any atom is -0.488 e. The van der Waals surface area contributed by atoms with Crippen LogP contribution in [0.25, 0.3) is 0 Å². The minimum absolute atomic E-state index is 0.330. The van der Waals surface area contributed by atoms with Crippen LogP contribution in [-0.4, -0.2) is 12.6 Å². The molecule has 0 spiro atoms. The molecule has 0 unspecified atom stereocenters. The Morgan fingerprint density at radius 3 is 2.48 bits per heavy atom. The number of ether oxygens (including phenoxy) is 2. The summed E-state index contributed by atoms with van der Waals surface area (Å²) in [7, 11) is 0. The molecule has 4 heteroatoms. The number of benzene rings is 2. The van der Waals surface area contributed by atoms with Gasteiger partial charge in [0.2, 0.25) is 0 Å². The van der Waals surface area contributed by atoms with Crippen LogP contribution >= 0.6 is 15.9 Å². The maximum atomic E-state index is 11.6. The first kappa shape index (κ1) is 15.6. The molecule has 0 saturated heterocycles. The summed E-state index contributed by atoms with van der Waals surface area (Å²) in [6.07, 6.45) is 0. The molecule has 0 amide bonds. The smallest absolute Gasteiger partial charge is 0.338 e. The number of aryl methyl sites for hydroxylation is 1. The predicted molar refractivity (Wildman–Crippen MR) is 85.6 cm³/mol. The molecule has 0 aliphatic rings. The highest BCUT2D eigenvalue weighted by Crippen LogP contribution is 2.27. The molecule has 110 valence electrons. The fourth-order valence-electron chi connectivity index (χ4n) is 1.80. The Balaban J connectivity index is 2.04. The van der Waals surface area contributed by atoms with Crippen LogP contribution < -0.4 is 4.74 Å². The molecule has 0 radical (unpaired) electrons. The lowest BCUT2D eigenvalue weighted by Gasteiger charge is -2.10. The van der Waals surface area contributed by atoms with E-state index in [1.807, 2.05) is 12.1 Å². The van der Waals surface area contributed by atoms with Crippen LogP contribution in [-0.2, 0) is 11.3 Å². The summed E-state index contributed by atoms with van der Waals surface area (Å²) in [6, 6.07) is 13.4. The highest BCUT2D eigenvalue weighted by atomic mass is 79.9. The van der Waals surface area contributed by atoms with E-state index in [9.17, 15) is 4.79 Å². The topological polar surface area (TPSA) is 35.5 Å². The second-order valence-corrected chi connectivity index (χ2v) is 5.49. The maximum Gasteiger partial charge on any atom is 0.338 e. The summed E-state index contributed by atoms with van der Waals surface area (Å²) in [5.41, 5.74) is 2.83. The molecule has 3 nitrogen and oxygen atoms in total. The molecule has 0 saturated carbocycles. The van der Waals surface area contributed by atoms with E-state index in [1.165, 1.54) is 5.56 Å². The van der Waals surface area contributed by atoms with E-state index in [2.05, 4.69) is 35.0 Å². The summed E-state index contributed by atoms with van der Waals surface area (Å²) in [5, 5.41) is 0. The van der Waals surface area contributed by atoms with E-state index >= 15 is 0 Å². The molecule has 2 aromatic carbocycles. The van der Waals surface area contributed by atoms with Crippen molar-refractivity contribution in [1.29, 1.82) is 0 Å². The van der Waals surface area contributed by atoms with Crippen molar-refractivity contribution in [3.8, 4) is 5.75 Å². The zero-order chi connectivity index (χ0) is 15.2. The molecule has 0 heterocycles. The number of halogens is 1. The molecular formula is C17H17BrO3. The number of hydrogen-bond donors (Lipinski definition) is 0. The number of rotatable bonds is 5. The van der Waals surface area contributed by atoms with Crippen LogP contribution in [0.15, 0.2) is 46.9 Å². The van der Waals surface area contributed by atoms with E-state index in [-0.39, 0.29) is 5.97 Å². The lowest BCUT2D eigenvalue weighted by Crippen LogP contribution is -2.05. The van der Waals surface area contributed by atoms with Crippen LogP contribution in [0, 0.1) is 6.92 Å². The molecule has 0 fully saturated rings. The maximum absolute atomic E-state index is 11.6.